The second-order valence-electron chi connectivity index (χ2n) is 3.69. The van der Waals surface area contributed by atoms with Crippen LogP contribution in [0.5, 0.6) is 0 Å². The van der Waals surface area contributed by atoms with E-state index in [4.69, 9.17) is 0 Å². The van der Waals surface area contributed by atoms with Gasteiger partial charge in [-0.1, -0.05) is 12.1 Å². The van der Waals surface area contributed by atoms with E-state index in [2.05, 4.69) is 10.2 Å². The predicted molar refractivity (Wildman–Crippen MR) is 57.7 cm³/mol. The number of fused-ring (bicyclic) bond motifs is 1. The summed E-state index contributed by atoms with van der Waals surface area (Å²) in [5.41, 5.74) is 3.18. The van der Waals surface area contributed by atoms with E-state index in [0.717, 1.165) is 23.5 Å². The minimum absolute atomic E-state index is 0.102. The molecular weight excluding hydrogens is 176 g/mol. The summed E-state index contributed by atoms with van der Waals surface area (Å²) in [6, 6.07) is 6.06. The van der Waals surface area contributed by atoms with Gasteiger partial charge in [-0.15, -0.1) is 0 Å². The minimum atomic E-state index is 0.102. The molecule has 0 saturated heterocycles. The standard InChI is InChI=1S/C11H14N2O/c1-8-4-3-5-9-11(8)12-10(14)6-7-13(9)2/h3-5H,6-7H2,1-2H3,(H,12,14). The zero-order valence-corrected chi connectivity index (χ0v) is 8.50. The predicted octanol–water partition coefficient (Wildman–Crippen LogP) is 1.77. The van der Waals surface area contributed by atoms with Crippen LogP contribution in [-0.2, 0) is 4.79 Å². The summed E-state index contributed by atoms with van der Waals surface area (Å²) in [4.78, 5) is 13.5. The monoisotopic (exact) mass is 190 g/mol. The lowest BCUT2D eigenvalue weighted by Crippen LogP contribution is -2.18. The Morgan fingerprint density at radius 2 is 2.21 bits per heavy atom. The van der Waals surface area contributed by atoms with E-state index in [1.54, 1.807) is 0 Å². The van der Waals surface area contributed by atoms with E-state index >= 15 is 0 Å². The maximum atomic E-state index is 11.4. The number of nitrogens with zero attached hydrogens (tertiary/aromatic N) is 1. The zero-order chi connectivity index (χ0) is 10.1. The van der Waals surface area contributed by atoms with Crippen molar-refractivity contribution in [1.82, 2.24) is 0 Å². The minimum Gasteiger partial charge on any atom is -0.372 e. The van der Waals surface area contributed by atoms with Gasteiger partial charge < -0.3 is 10.2 Å². The topological polar surface area (TPSA) is 32.3 Å². The number of aryl methyl sites for hydroxylation is 1. The van der Waals surface area contributed by atoms with Crippen molar-refractivity contribution in [1.29, 1.82) is 0 Å². The molecule has 74 valence electrons. The third kappa shape index (κ3) is 1.45. The Labute approximate surface area is 83.7 Å². The van der Waals surface area contributed by atoms with Gasteiger partial charge in [0.1, 0.15) is 0 Å². The molecule has 0 saturated carbocycles. The van der Waals surface area contributed by atoms with Crippen LogP contribution >= 0.6 is 0 Å². The van der Waals surface area contributed by atoms with E-state index < -0.39 is 0 Å². The Morgan fingerprint density at radius 3 is 3.00 bits per heavy atom. The van der Waals surface area contributed by atoms with Crippen LogP contribution in [0.4, 0.5) is 11.4 Å². The van der Waals surface area contributed by atoms with Crippen molar-refractivity contribution in [3.05, 3.63) is 23.8 Å². The van der Waals surface area contributed by atoms with Crippen molar-refractivity contribution in [2.45, 2.75) is 13.3 Å². The highest BCUT2D eigenvalue weighted by Gasteiger charge is 2.17. The first-order valence-electron chi connectivity index (χ1n) is 4.79. The molecule has 0 fully saturated rings. The van der Waals surface area contributed by atoms with Crippen LogP contribution in [0.1, 0.15) is 12.0 Å². The van der Waals surface area contributed by atoms with Crippen molar-refractivity contribution in [2.75, 3.05) is 23.8 Å². The van der Waals surface area contributed by atoms with Crippen LogP contribution in [0.25, 0.3) is 0 Å². The first kappa shape index (κ1) is 9.06. The van der Waals surface area contributed by atoms with Gasteiger partial charge in [-0.25, -0.2) is 0 Å². The number of anilines is 2. The summed E-state index contributed by atoms with van der Waals surface area (Å²) in [5, 5.41) is 2.94. The molecule has 3 nitrogen and oxygen atoms in total. The molecule has 1 aromatic rings. The number of para-hydroxylation sites is 1. The molecule has 1 aromatic carbocycles. The fourth-order valence-electron chi connectivity index (χ4n) is 1.72. The maximum absolute atomic E-state index is 11.4. The zero-order valence-electron chi connectivity index (χ0n) is 8.50. The van der Waals surface area contributed by atoms with E-state index in [0.29, 0.717) is 6.42 Å². The summed E-state index contributed by atoms with van der Waals surface area (Å²) in [7, 11) is 2.01. The number of amides is 1. The average Bonchev–Trinajstić information content (AvgIpc) is 2.30. The van der Waals surface area contributed by atoms with Gasteiger partial charge in [0.05, 0.1) is 11.4 Å². The second kappa shape index (κ2) is 3.33. The lowest BCUT2D eigenvalue weighted by molar-refractivity contribution is -0.115. The number of rotatable bonds is 0. The Kier molecular flexibility index (Phi) is 2.15. The molecule has 2 rings (SSSR count). The van der Waals surface area contributed by atoms with Crippen LogP contribution in [0.3, 0.4) is 0 Å². The number of hydrogen-bond acceptors (Lipinski definition) is 2. The maximum Gasteiger partial charge on any atom is 0.226 e. The van der Waals surface area contributed by atoms with Crippen molar-refractivity contribution in [2.24, 2.45) is 0 Å². The summed E-state index contributed by atoms with van der Waals surface area (Å²) in [6.07, 6.45) is 0.560. The fraction of sp³-hybridized carbons (Fsp3) is 0.364. The van der Waals surface area contributed by atoms with Gasteiger partial charge in [-0.05, 0) is 18.6 Å². The number of benzene rings is 1. The highest BCUT2D eigenvalue weighted by Crippen LogP contribution is 2.30. The summed E-state index contributed by atoms with van der Waals surface area (Å²) < 4.78 is 0. The smallest absolute Gasteiger partial charge is 0.226 e. The lowest BCUT2D eigenvalue weighted by Gasteiger charge is -2.19. The van der Waals surface area contributed by atoms with Gasteiger partial charge in [0, 0.05) is 20.0 Å². The molecule has 1 aliphatic heterocycles. The average molecular weight is 190 g/mol. The van der Waals surface area contributed by atoms with E-state index in [-0.39, 0.29) is 5.91 Å². The molecule has 14 heavy (non-hydrogen) atoms. The van der Waals surface area contributed by atoms with E-state index in [1.807, 2.05) is 32.2 Å². The Morgan fingerprint density at radius 1 is 1.43 bits per heavy atom. The molecule has 0 radical (unpaired) electrons. The molecule has 1 heterocycles. The molecule has 0 spiro atoms. The highest BCUT2D eigenvalue weighted by atomic mass is 16.1. The molecular formula is C11H14N2O. The first-order chi connectivity index (χ1) is 6.68. The van der Waals surface area contributed by atoms with Crippen molar-refractivity contribution in [3.8, 4) is 0 Å². The third-order valence-corrected chi connectivity index (χ3v) is 2.60. The van der Waals surface area contributed by atoms with Crippen LogP contribution in [0.2, 0.25) is 0 Å². The summed E-state index contributed by atoms with van der Waals surface area (Å²) in [5.74, 6) is 0.102. The Bertz CT molecular complexity index is 374. The van der Waals surface area contributed by atoms with Crippen molar-refractivity contribution < 1.29 is 4.79 Å². The molecule has 0 unspecified atom stereocenters. The molecule has 0 bridgehead atoms. The van der Waals surface area contributed by atoms with Gasteiger partial charge in [-0.3, -0.25) is 4.79 Å². The lowest BCUT2D eigenvalue weighted by atomic mass is 10.1. The van der Waals surface area contributed by atoms with Crippen LogP contribution in [0.15, 0.2) is 18.2 Å². The van der Waals surface area contributed by atoms with Gasteiger partial charge in [0.2, 0.25) is 5.91 Å². The third-order valence-electron chi connectivity index (χ3n) is 2.60. The van der Waals surface area contributed by atoms with Crippen molar-refractivity contribution >= 4 is 17.3 Å². The molecule has 1 aliphatic rings. The quantitative estimate of drug-likeness (QED) is 0.676. The van der Waals surface area contributed by atoms with Crippen LogP contribution in [0, 0.1) is 6.92 Å². The highest BCUT2D eigenvalue weighted by molar-refractivity contribution is 5.97. The van der Waals surface area contributed by atoms with Gasteiger partial charge in [0.25, 0.3) is 0 Å². The summed E-state index contributed by atoms with van der Waals surface area (Å²) >= 11 is 0. The second-order valence-corrected chi connectivity index (χ2v) is 3.69. The molecule has 0 atom stereocenters. The van der Waals surface area contributed by atoms with Gasteiger partial charge >= 0.3 is 0 Å². The van der Waals surface area contributed by atoms with Crippen LogP contribution < -0.4 is 10.2 Å². The van der Waals surface area contributed by atoms with Crippen molar-refractivity contribution in [3.63, 3.8) is 0 Å². The molecule has 1 N–H and O–H groups in total. The largest absolute Gasteiger partial charge is 0.372 e. The van der Waals surface area contributed by atoms with Crippen LogP contribution in [-0.4, -0.2) is 19.5 Å². The summed E-state index contributed by atoms with van der Waals surface area (Å²) in [6.45, 7) is 2.79. The fourth-order valence-corrected chi connectivity index (χ4v) is 1.72. The van der Waals surface area contributed by atoms with E-state index in [1.165, 1.54) is 0 Å². The molecule has 0 aromatic heterocycles. The number of nitrogens with one attached hydrogen (secondary N) is 1. The number of carbonyl (C=O) groups is 1. The van der Waals surface area contributed by atoms with Gasteiger partial charge in [0.15, 0.2) is 0 Å². The molecule has 0 aliphatic carbocycles. The molecule has 1 amide bonds. The number of hydrogen-bond donors (Lipinski definition) is 1. The van der Waals surface area contributed by atoms with Gasteiger partial charge in [-0.2, -0.15) is 0 Å². The Balaban J connectivity index is 2.52. The first-order valence-corrected chi connectivity index (χ1v) is 4.79. The SMILES string of the molecule is Cc1cccc2c1NC(=O)CCN2C. The normalized spacial score (nSPS) is 15.9. The number of carbonyl (C=O) groups excluding carboxylic acids is 1. The molecule has 3 heteroatoms. The Hall–Kier alpha value is -1.51. The van der Waals surface area contributed by atoms with E-state index in [9.17, 15) is 4.79 Å².